The van der Waals surface area contributed by atoms with Crippen molar-refractivity contribution in [2.24, 2.45) is 0 Å². The zero-order chi connectivity index (χ0) is 49.2. The van der Waals surface area contributed by atoms with E-state index in [-0.39, 0.29) is 19.7 Å². The number of carbonyl (C=O) groups is 3. The van der Waals surface area contributed by atoms with Crippen LogP contribution in [-0.2, 0) is 33.3 Å². The minimum atomic E-state index is -1.72. The molecule has 0 amide bonds. The number of rotatable bonds is 17. The van der Waals surface area contributed by atoms with Crippen LogP contribution in [-0.4, -0.2) is 335 Å². The average molecular weight is 958 g/mol. The summed E-state index contributed by atoms with van der Waals surface area (Å²) in [5, 5.41) is 190. The van der Waals surface area contributed by atoms with Crippen molar-refractivity contribution in [2.45, 2.75) is 128 Å². The molecule has 5 rings (SSSR count). The van der Waals surface area contributed by atoms with Crippen LogP contribution in [0.5, 0.6) is 0 Å². The standard InChI is InChI=1S/2C14H25NO11.C7H13NO5/c2*16-2-5-9(21)13(6(3-17)15(5)1-8(19)20)26-14-12(24)11(23)10(22)7(4-18)25-14;9-3-4-7(13)5(10)1-8(4)2-6(11)12/h2*5-7,9-14,16-18,21-24H,1-4H2,(H,19,20);4-5,7,9-10,13H,1-3H2,(H,11,12)/t5-,6-,7?,9-,10?,11?,12?,13-,14?;;4-,5-,7-/m1.1/s1. The Morgan fingerprint density at radius 3 is 1.05 bits per heavy atom. The molecule has 380 valence electrons. The van der Waals surface area contributed by atoms with Crippen LogP contribution in [0.4, 0.5) is 0 Å². The monoisotopic (exact) mass is 957 g/mol. The molecule has 0 aromatic rings. The lowest BCUT2D eigenvalue weighted by atomic mass is 9.99. The Morgan fingerprint density at radius 2 is 0.754 bits per heavy atom. The number of aliphatic carboxylic acids is 3. The Hall–Kier alpha value is -2.55. The summed E-state index contributed by atoms with van der Waals surface area (Å²) >= 11 is 0. The van der Waals surface area contributed by atoms with Crippen LogP contribution in [0, 0.1) is 0 Å². The third-order valence-electron chi connectivity index (χ3n) is 11.8. The van der Waals surface area contributed by atoms with Crippen molar-refractivity contribution >= 4 is 17.9 Å². The van der Waals surface area contributed by atoms with Crippen molar-refractivity contribution in [3.8, 4) is 0 Å². The van der Waals surface area contributed by atoms with Gasteiger partial charge in [0.05, 0.1) is 121 Å². The fourth-order valence-corrected chi connectivity index (χ4v) is 8.33. The summed E-state index contributed by atoms with van der Waals surface area (Å²) in [7, 11) is 0. The zero-order valence-corrected chi connectivity index (χ0v) is 34.5. The van der Waals surface area contributed by atoms with Gasteiger partial charge in [0.2, 0.25) is 0 Å². The molecule has 20 N–H and O–H groups in total. The van der Waals surface area contributed by atoms with Gasteiger partial charge in [0, 0.05) is 6.54 Å². The normalized spacial score (nSPS) is 42.5. The summed E-state index contributed by atoms with van der Waals surface area (Å²) in [6.07, 6.45) is -23.0. The first kappa shape index (κ1) is 56.8. The predicted octanol–water partition coefficient (Wildman–Crippen LogP) is -13.2. The number of aliphatic hydroxyl groups is 17. The van der Waals surface area contributed by atoms with Crippen LogP contribution < -0.4 is 0 Å². The molecule has 0 bridgehead atoms. The molecular formula is C35H63N3O27. The highest BCUT2D eigenvalue weighted by Crippen LogP contribution is 2.33. The Morgan fingerprint density at radius 1 is 0.415 bits per heavy atom. The molecule has 0 radical (unpaired) electrons. The summed E-state index contributed by atoms with van der Waals surface area (Å²) in [4.78, 5) is 36.0. The van der Waals surface area contributed by atoms with E-state index in [1.165, 1.54) is 4.90 Å². The lowest BCUT2D eigenvalue weighted by Gasteiger charge is -2.41. The quantitative estimate of drug-likeness (QED) is 0.0643. The smallest absolute Gasteiger partial charge is 0.317 e. The number of β-amino-alcohol motifs (C(OH)–C–C–N with tert-alkyl or cyclic N) is 1. The molecule has 5 saturated heterocycles. The molecule has 0 spiro atoms. The van der Waals surface area contributed by atoms with Gasteiger partial charge in [-0.05, 0) is 0 Å². The Balaban J connectivity index is 0.000000274. The van der Waals surface area contributed by atoms with Crippen molar-refractivity contribution in [3.05, 3.63) is 0 Å². The number of carboxylic acid groups (broad SMARTS) is 3. The highest BCUT2D eigenvalue weighted by molar-refractivity contribution is 5.70. The van der Waals surface area contributed by atoms with Crippen LogP contribution in [0.2, 0.25) is 0 Å². The van der Waals surface area contributed by atoms with Crippen molar-refractivity contribution in [3.63, 3.8) is 0 Å². The van der Waals surface area contributed by atoms with Crippen LogP contribution in [0.15, 0.2) is 0 Å². The number of likely N-dealkylation sites (tertiary alicyclic amines) is 3. The SMILES string of the molecule is O=C(O)CN1C(CO)C(O)C(OC2OC(CO)C(O)C(O)C2O)C1CO.O=C(O)CN1C[C@@H](O)[C@H](O)[C@H]1CO.O=C(O)CN1[C@H](CO)[C@@H](O)[C@H](OC2OC(CO)C(O)C(O)C2O)[C@H]1CO. The zero-order valence-electron chi connectivity index (χ0n) is 34.5. The first-order valence-electron chi connectivity index (χ1n) is 20.2. The number of nitrogens with zero attached hydrogens (tertiary/aromatic N) is 3. The number of aliphatic hydroxyl groups excluding tert-OH is 17. The van der Waals surface area contributed by atoms with Gasteiger partial charge in [0.25, 0.3) is 0 Å². The van der Waals surface area contributed by atoms with E-state index in [1.807, 2.05) is 0 Å². The van der Waals surface area contributed by atoms with Gasteiger partial charge in [-0.1, -0.05) is 0 Å². The summed E-state index contributed by atoms with van der Waals surface area (Å²) in [5.74, 6) is -3.54. The fraction of sp³-hybridized carbons (Fsp3) is 0.914. The number of hydrogen-bond donors (Lipinski definition) is 20. The van der Waals surface area contributed by atoms with E-state index in [0.717, 1.165) is 9.80 Å². The summed E-state index contributed by atoms with van der Waals surface area (Å²) in [6, 6.07) is -4.83. The van der Waals surface area contributed by atoms with Crippen LogP contribution >= 0.6 is 0 Å². The molecule has 21 atom stereocenters. The second-order valence-electron chi connectivity index (χ2n) is 15.8. The first-order valence-corrected chi connectivity index (χ1v) is 20.2. The van der Waals surface area contributed by atoms with E-state index in [2.05, 4.69) is 0 Å². The largest absolute Gasteiger partial charge is 0.480 e. The summed E-state index contributed by atoms with van der Waals surface area (Å²) < 4.78 is 21.3. The van der Waals surface area contributed by atoms with Gasteiger partial charge in [-0.2, -0.15) is 0 Å². The van der Waals surface area contributed by atoms with Gasteiger partial charge in [-0.25, -0.2) is 0 Å². The molecule has 5 heterocycles. The molecule has 5 aliphatic heterocycles. The van der Waals surface area contributed by atoms with Gasteiger partial charge < -0.3 is 121 Å². The maximum Gasteiger partial charge on any atom is 0.317 e. The molecular weight excluding hydrogens is 894 g/mol. The second-order valence-corrected chi connectivity index (χ2v) is 15.8. The van der Waals surface area contributed by atoms with Gasteiger partial charge >= 0.3 is 17.9 Å². The lowest BCUT2D eigenvalue weighted by Crippen LogP contribution is -2.60. The third kappa shape index (κ3) is 13.4. The fourth-order valence-electron chi connectivity index (χ4n) is 8.33. The summed E-state index contributed by atoms with van der Waals surface area (Å²) in [5.41, 5.74) is 0. The van der Waals surface area contributed by atoms with Crippen LogP contribution in [0.25, 0.3) is 0 Å². The van der Waals surface area contributed by atoms with E-state index >= 15 is 0 Å². The topological polar surface area (TPSA) is 502 Å². The number of carboxylic acids is 3. The molecule has 30 nitrogen and oxygen atoms in total. The highest BCUT2D eigenvalue weighted by Gasteiger charge is 2.54. The molecule has 0 aliphatic carbocycles. The van der Waals surface area contributed by atoms with Crippen molar-refractivity contribution < 1.29 is 135 Å². The molecule has 0 aromatic carbocycles. The van der Waals surface area contributed by atoms with E-state index in [0.29, 0.717) is 0 Å². The molecule has 0 saturated carbocycles. The van der Waals surface area contributed by atoms with E-state index in [9.17, 15) is 96.1 Å². The Bertz CT molecular complexity index is 1390. The Kier molecular flexibility index (Phi) is 22.5. The predicted molar refractivity (Wildman–Crippen MR) is 204 cm³/mol. The van der Waals surface area contributed by atoms with Gasteiger partial charge in [-0.15, -0.1) is 0 Å². The maximum atomic E-state index is 11.0. The molecule has 5 fully saturated rings. The van der Waals surface area contributed by atoms with Gasteiger partial charge in [-0.3, -0.25) is 29.1 Å². The maximum absolute atomic E-state index is 11.0. The molecule has 30 heteroatoms. The minimum Gasteiger partial charge on any atom is -0.480 e. The molecule has 65 heavy (non-hydrogen) atoms. The van der Waals surface area contributed by atoms with Crippen molar-refractivity contribution in [2.75, 3.05) is 72.4 Å². The Labute approximate surface area is 368 Å². The van der Waals surface area contributed by atoms with Gasteiger partial charge in [0.1, 0.15) is 61.0 Å². The second kappa shape index (κ2) is 25.7. The highest BCUT2D eigenvalue weighted by atomic mass is 16.7. The molecule has 0 aromatic heterocycles. The van der Waals surface area contributed by atoms with E-state index in [1.54, 1.807) is 0 Å². The lowest BCUT2D eigenvalue weighted by molar-refractivity contribution is -0.317. The van der Waals surface area contributed by atoms with Crippen molar-refractivity contribution in [1.82, 2.24) is 14.7 Å². The van der Waals surface area contributed by atoms with E-state index in [4.69, 9.17) is 39.4 Å². The number of hydrogen-bond acceptors (Lipinski definition) is 27. The minimum absolute atomic E-state index is 0.0820. The van der Waals surface area contributed by atoms with Crippen molar-refractivity contribution in [1.29, 1.82) is 0 Å². The first-order chi connectivity index (χ1) is 30.6. The molecule has 5 aliphatic rings. The number of ether oxygens (including phenoxy) is 4. The van der Waals surface area contributed by atoms with E-state index < -0.39 is 199 Å². The average Bonchev–Trinajstić information content (AvgIpc) is 3.78. The van der Waals surface area contributed by atoms with Gasteiger partial charge in [0.15, 0.2) is 12.6 Å². The summed E-state index contributed by atoms with van der Waals surface area (Å²) in [6.45, 7) is -5.53. The third-order valence-corrected chi connectivity index (χ3v) is 11.8. The van der Waals surface area contributed by atoms with Crippen LogP contribution in [0.1, 0.15) is 0 Å². The molecule has 14 unspecified atom stereocenters. The van der Waals surface area contributed by atoms with Crippen LogP contribution in [0.3, 0.4) is 0 Å².